The molecule has 7 rings (SSSR count). The Kier molecular flexibility index (Phi) is 12.1. The summed E-state index contributed by atoms with van der Waals surface area (Å²) in [7, 11) is -2.41. The number of aliphatic hydroxyl groups is 1. The fourth-order valence-corrected chi connectivity index (χ4v) is 10.8. The van der Waals surface area contributed by atoms with Crippen LogP contribution in [0.1, 0.15) is 92.5 Å². The van der Waals surface area contributed by atoms with E-state index in [0.29, 0.717) is 55.1 Å². The number of methoxy groups -OCH3 is 1. The SMILES string of the molecule is C=C[C@@H]1C[C@]1(NC(=O)[C@@H]1C[C@@H](Oc2cc(-c3cnc(C(C)(C)O)s3)nc3c2oc2ccc(OC)c(Br)c23)CN1C(=O)[C@@H](CC(=O)OC(C)(C)C)C(C)(C)C)C(=O)NS(=O)(=O)C1CC1. The Morgan fingerprint density at radius 3 is 2.40 bits per heavy atom. The number of ether oxygens (including phenoxy) is 3. The van der Waals surface area contributed by atoms with Gasteiger partial charge in [-0.25, -0.2) is 18.4 Å². The summed E-state index contributed by atoms with van der Waals surface area (Å²) in [5.41, 5.74) is -2.80. The Bertz CT molecular complexity index is 2620. The topological polar surface area (TPSA) is 217 Å². The average molecular weight is 973 g/mol. The monoisotopic (exact) mass is 971 g/mol. The standard InChI is InChI=1S/C44H54BrN5O11S2/c1-11-22-19-44(22,39(54)49-63(56,57)24-12-13-24)48-37(52)27-16-23(21-50(27)38(53)25(41(2,3)4)17-32(51)61-42(5,6)7)59-30-18-26(31-20-46-40(62-31)43(8,9)55)47-35-33-28(60-36(30)35)14-15-29(58-10)34(33)45/h11,14-15,18,20,22-25,27,55H,1,12-13,16-17,19,21H2,2-10H3,(H,48,52)(H,49,54)/t22-,23-,25-,27+,44-/m1/s1. The highest BCUT2D eigenvalue weighted by atomic mass is 79.9. The van der Waals surface area contributed by atoms with Crippen molar-refractivity contribution >= 4 is 83.0 Å². The third-order valence-electron chi connectivity index (χ3n) is 11.5. The fourth-order valence-electron chi connectivity index (χ4n) is 7.87. The zero-order valence-electron chi connectivity index (χ0n) is 36.8. The predicted octanol–water partition coefficient (Wildman–Crippen LogP) is 6.51. The normalized spacial score (nSPS) is 22.1. The predicted molar refractivity (Wildman–Crippen MR) is 239 cm³/mol. The molecule has 340 valence electrons. The van der Waals surface area contributed by atoms with Gasteiger partial charge in [0.25, 0.3) is 5.91 Å². The molecular weight excluding hydrogens is 919 g/mol. The van der Waals surface area contributed by atoms with Crippen LogP contribution in [0.25, 0.3) is 32.6 Å². The number of hydrogen-bond acceptors (Lipinski definition) is 14. The molecule has 19 heteroatoms. The molecule has 0 bridgehead atoms. The summed E-state index contributed by atoms with van der Waals surface area (Å²) in [6, 6.07) is 3.94. The van der Waals surface area contributed by atoms with Crippen molar-refractivity contribution < 1.29 is 51.3 Å². The summed E-state index contributed by atoms with van der Waals surface area (Å²) < 4.78 is 52.9. The first-order valence-electron chi connectivity index (χ1n) is 20.7. The third-order valence-corrected chi connectivity index (χ3v) is 15.4. The molecule has 3 aromatic heterocycles. The van der Waals surface area contributed by atoms with E-state index >= 15 is 0 Å². The largest absolute Gasteiger partial charge is 0.496 e. The molecule has 3 N–H and O–H groups in total. The van der Waals surface area contributed by atoms with E-state index in [1.54, 1.807) is 66.1 Å². The molecular formula is C44H54BrN5O11S2. The zero-order chi connectivity index (χ0) is 46.2. The van der Waals surface area contributed by atoms with E-state index in [0.717, 1.165) is 0 Å². The summed E-state index contributed by atoms with van der Waals surface area (Å²) in [4.78, 5) is 67.9. The number of nitrogens with one attached hydrogen (secondary N) is 2. The van der Waals surface area contributed by atoms with Crippen LogP contribution in [0.2, 0.25) is 0 Å². The quantitative estimate of drug-likeness (QED) is 0.0908. The molecule has 1 aromatic carbocycles. The molecule has 63 heavy (non-hydrogen) atoms. The van der Waals surface area contributed by atoms with E-state index in [1.807, 2.05) is 20.8 Å². The average Bonchev–Trinajstić information content (AvgIpc) is 3.99. The molecule has 2 aliphatic carbocycles. The number of pyridine rings is 1. The lowest BCUT2D eigenvalue weighted by atomic mass is 9.77. The van der Waals surface area contributed by atoms with Crippen molar-refractivity contribution in [3.05, 3.63) is 46.5 Å². The number of thiazole rings is 1. The molecule has 4 heterocycles. The Balaban J connectivity index is 1.28. The summed E-state index contributed by atoms with van der Waals surface area (Å²) in [6.45, 7) is 17.6. The lowest BCUT2D eigenvalue weighted by Crippen LogP contribution is -2.57. The molecule has 1 saturated heterocycles. The van der Waals surface area contributed by atoms with E-state index in [-0.39, 0.29) is 37.1 Å². The van der Waals surface area contributed by atoms with Crippen molar-refractivity contribution in [1.29, 1.82) is 0 Å². The molecule has 16 nitrogen and oxygen atoms in total. The van der Waals surface area contributed by atoms with E-state index in [9.17, 15) is 32.7 Å². The van der Waals surface area contributed by atoms with Crippen LogP contribution in [0.4, 0.5) is 0 Å². The van der Waals surface area contributed by atoms with Crippen molar-refractivity contribution in [3.63, 3.8) is 0 Å². The number of halogens is 1. The number of fused-ring (bicyclic) bond motifs is 3. The minimum atomic E-state index is -3.95. The summed E-state index contributed by atoms with van der Waals surface area (Å²) in [6.07, 6.45) is 2.90. The van der Waals surface area contributed by atoms with Crippen molar-refractivity contribution in [2.75, 3.05) is 13.7 Å². The van der Waals surface area contributed by atoms with Gasteiger partial charge in [-0.3, -0.25) is 23.9 Å². The summed E-state index contributed by atoms with van der Waals surface area (Å²) in [5, 5.41) is 13.9. The van der Waals surface area contributed by atoms with Crippen LogP contribution < -0.4 is 19.5 Å². The second-order valence-electron chi connectivity index (χ2n) is 19.2. The van der Waals surface area contributed by atoms with Crippen LogP contribution in [0.15, 0.2) is 45.9 Å². The number of likely N-dealkylation sites (tertiary alicyclic amines) is 1. The van der Waals surface area contributed by atoms with Gasteiger partial charge in [0.05, 0.1) is 51.7 Å². The van der Waals surface area contributed by atoms with Crippen molar-refractivity contribution in [2.45, 2.75) is 122 Å². The number of nitrogens with zero attached hydrogens (tertiary/aromatic N) is 3. The maximum Gasteiger partial charge on any atom is 0.307 e. The lowest BCUT2D eigenvalue weighted by molar-refractivity contribution is -0.161. The van der Waals surface area contributed by atoms with Crippen LogP contribution >= 0.6 is 27.3 Å². The molecule has 5 atom stereocenters. The molecule has 3 aliphatic rings. The number of aromatic nitrogens is 2. The highest BCUT2D eigenvalue weighted by molar-refractivity contribution is 9.10. The maximum absolute atomic E-state index is 14.9. The van der Waals surface area contributed by atoms with Gasteiger partial charge in [0.15, 0.2) is 11.3 Å². The minimum Gasteiger partial charge on any atom is -0.496 e. The summed E-state index contributed by atoms with van der Waals surface area (Å²) >= 11 is 4.90. The number of carbonyl (C=O) groups excluding carboxylic acids is 4. The summed E-state index contributed by atoms with van der Waals surface area (Å²) in [5.74, 6) is -3.40. The minimum absolute atomic E-state index is 0.0575. The van der Waals surface area contributed by atoms with Crippen LogP contribution in [0, 0.1) is 17.3 Å². The Hall–Kier alpha value is -4.59. The van der Waals surface area contributed by atoms with Crippen LogP contribution in [0.3, 0.4) is 0 Å². The lowest BCUT2D eigenvalue weighted by Gasteiger charge is -2.35. The zero-order valence-corrected chi connectivity index (χ0v) is 40.0. The van der Waals surface area contributed by atoms with Crippen molar-refractivity contribution in [1.82, 2.24) is 24.9 Å². The molecule has 1 aliphatic heterocycles. The molecule has 3 amide bonds. The molecule has 2 saturated carbocycles. The molecule has 0 radical (unpaired) electrons. The van der Waals surface area contributed by atoms with Crippen LogP contribution in [0.5, 0.6) is 11.5 Å². The Morgan fingerprint density at radius 2 is 1.83 bits per heavy atom. The number of benzene rings is 1. The van der Waals surface area contributed by atoms with Crippen LogP contribution in [-0.2, 0) is 39.5 Å². The van der Waals surface area contributed by atoms with Gasteiger partial charge >= 0.3 is 5.97 Å². The van der Waals surface area contributed by atoms with Crippen molar-refractivity contribution in [3.8, 4) is 22.1 Å². The maximum atomic E-state index is 14.9. The molecule has 0 unspecified atom stereocenters. The number of furan rings is 1. The van der Waals surface area contributed by atoms with Gasteiger partial charge in [-0.15, -0.1) is 17.9 Å². The van der Waals surface area contributed by atoms with Crippen LogP contribution in [-0.4, -0.2) is 94.3 Å². The van der Waals surface area contributed by atoms with E-state index in [4.69, 9.17) is 23.6 Å². The number of sulfonamides is 1. The number of esters is 1. The van der Waals surface area contributed by atoms with E-state index in [2.05, 4.69) is 37.5 Å². The van der Waals surface area contributed by atoms with E-state index in [1.165, 1.54) is 22.3 Å². The molecule has 0 spiro atoms. The van der Waals surface area contributed by atoms with Gasteiger partial charge in [-0.05, 0) is 87.4 Å². The molecule has 4 aromatic rings. The van der Waals surface area contributed by atoms with Gasteiger partial charge in [0.1, 0.15) is 50.7 Å². The first-order valence-corrected chi connectivity index (χ1v) is 23.9. The number of hydrogen-bond donors (Lipinski definition) is 3. The Labute approximate surface area is 378 Å². The highest BCUT2D eigenvalue weighted by Gasteiger charge is 2.62. The van der Waals surface area contributed by atoms with Gasteiger partial charge in [-0.2, -0.15) is 0 Å². The second kappa shape index (κ2) is 16.4. The smallest absolute Gasteiger partial charge is 0.307 e. The van der Waals surface area contributed by atoms with E-state index < -0.39 is 85.1 Å². The Morgan fingerprint density at radius 1 is 1.13 bits per heavy atom. The number of amides is 3. The van der Waals surface area contributed by atoms with Gasteiger partial charge < -0.3 is 34.0 Å². The third kappa shape index (κ3) is 9.47. The first-order chi connectivity index (χ1) is 29.3. The van der Waals surface area contributed by atoms with Crippen molar-refractivity contribution in [2.24, 2.45) is 17.3 Å². The van der Waals surface area contributed by atoms with Gasteiger partial charge in [-0.1, -0.05) is 26.8 Å². The first kappa shape index (κ1) is 46.4. The highest BCUT2D eigenvalue weighted by Crippen LogP contribution is 2.47. The number of rotatable bonds is 14. The fraction of sp³-hybridized carbons (Fsp3) is 0.545. The number of carbonyl (C=O) groups is 4. The van der Waals surface area contributed by atoms with Gasteiger partial charge in [0, 0.05) is 24.6 Å². The second-order valence-corrected chi connectivity index (χ2v) is 23.0. The van der Waals surface area contributed by atoms with Gasteiger partial charge in [0.2, 0.25) is 21.8 Å². The molecule has 3 fully saturated rings.